The summed E-state index contributed by atoms with van der Waals surface area (Å²) in [5.41, 5.74) is 6.74. The highest BCUT2D eigenvalue weighted by atomic mass is 32.1. The van der Waals surface area contributed by atoms with Crippen LogP contribution in [-0.2, 0) is 6.61 Å². The van der Waals surface area contributed by atoms with E-state index in [-0.39, 0.29) is 11.6 Å². The lowest BCUT2D eigenvalue weighted by molar-refractivity contribution is 0.305. The monoisotopic (exact) mass is 279 g/mol. The van der Waals surface area contributed by atoms with E-state index in [1.54, 1.807) is 24.3 Å². The molecule has 5 heteroatoms. The van der Waals surface area contributed by atoms with E-state index in [1.165, 1.54) is 6.07 Å². The molecule has 0 fully saturated rings. The van der Waals surface area contributed by atoms with Gasteiger partial charge < -0.3 is 10.5 Å². The number of hydrogen-bond donors (Lipinski definition) is 1. The zero-order chi connectivity index (χ0) is 13.8. The molecule has 0 saturated heterocycles. The van der Waals surface area contributed by atoms with Crippen LogP contribution in [-0.4, -0.2) is 4.99 Å². The molecule has 0 aliphatic rings. The molecule has 2 aromatic rings. The Morgan fingerprint density at radius 1 is 1.11 bits per heavy atom. The lowest BCUT2D eigenvalue weighted by Gasteiger charge is -2.08. The molecule has 0 spiro atoms. The van der Waals surface area contributed by atoms with Crippen LogP contribution >= 0.6 is 12.2 Å². The molecule has 0 unspecified atom stereocenters. The Hall–Kier alpha value is -2.01. The summed E-state index contributed by atoms with van der Waals surface area (Å²) in [6, 6.07) is 10.6. The van der Waals surface area contributed by atoms with Gasteiger partial charge in [-0.25, -0.2) is 8.78 Å². The van der Waals surface area contributed by atoms with Crippen molar-refractivity contribution in [2.45, 2.75) is 6.61 Å². The molecule has 0 saturated carbocycles. The van der Waals surface area contributed by atoms with Gasteiger partial charge >= 0.3 is 0 Å². The van der Waals surface area contributed by atoms with Gasteiger partial charge in [0.1, 0.15) is 17.3 Å². The van der Waals surface area contributed by atoms with E-state index in [9.17, 15) is 8.78 Å². The van der Waals surface area contributed by atoms with Crippen molar-refractivity contribution < 1.29 is 13.5 Å². The summed E-state index contributed by atoms with van der Waals surface area (Å²) in [6.45, 7) is 0.137. The number of hydrogen-bond acceptors (Lipinski definition) is 2. The van der Waals surface area contributed by atoms with Gasteiger partial charge in [0.25, 0.3) is 0 Å². The molecule has 0 amide bonds. The van der Waals surface area contributed by atoms with Gasteiger partial charge in [-0.1, -0.05) is 30.4 Å². The molecule has 2 N–H and O–H groups in total. The van der Waals surface area contributed by atoms with E-state index in [1.807, 2.05) is 0 Å². The summed E-state index contributed by atoms with van der Waals surface area (Å²) in [7, 11) is 0. The van der Waals surface area contributed by atoms with E-state index < -0.39 is 11.6 Å². The summed E-state index contributed by atoms with van der Waals surface area (Å²) in [6.07, 6.45) is 0. The van der Waals surface area contributed by atoms with Crippen molar-refractivity contribution in [1.82, 2.24) is 0 Å². The normalized spacial score (nSPS) is 10.2. The molecule has 2 aromatic carbocycles. The van der Waals surface area contributed by atoms with Crippen LogP contribution in [0.1, 0.15) is 11.1 Å². The fourth-order valence-electron chi connectivity index (χ4n) is 1.54. The number of nitrogens with two attached hydrogens (primary N) is 1. The largest absolute Gasteiger partial charge is 0.489 e. The minimum atomic E-state index is -0.891. The number of ether oxygens (including phenoxy) is 1. The maximum atomic E-state index is 13.0. The standard InChI is InChI=1S/C14H11F2NOS/c15-12-5-4-9(6-13(12)16)8-18-11-3-1-2-10(7-11)14(17)19/h1-7H,8H2,(H2,17,19). The molecule has 0 radical (unpaired) electrons. The molecular weight excluding hydrogens is 268 g/mol. The number of benzene rings is 2. The van der Waals surface area contributed by atoms with Crippen LogP contribution in [0.15, 0.2) is 42.5 Å². The molecule has 0 heterocycles. The first kappa shape index (κ1) is 13.4. The second-order valence-electron chi connectivity index (χ2n) is 3.93. The van der Waals surface area contributed by atoms with Crippen LogP contribution in [0.25, 0.3) is 0 Å². The smallest absolute Gasteiger partial charge is 0.159 e. The maximum absolute atomic E-state index is 13.0. The van der Waals surface area contributed by atoms with Crippen molar-refractivity contribution in [2.75, 3.05) is 0 Å². The molecule has 2 nitrogen and oxygen atoms in total. The van der Waals surface area contributed by atoms with Crippen molar-refractivity contribution in [2.24, 2.45) is 5.73 Å². The Kier molecular flexibility index (Phi) is 4.06. The second-order valence-corrected chi connectivity index (χ2v) is 4.37. The van der Waals surface area contributed by atoms with Gasteiger partial charge in [0.15, 0.2) is 11.6 Å². The van der Waals surface area contributed by atoms with Crippen LogP contribution < -0.4 is 10.5 Å². The molecule has 0 aliphatic carbocycles. The van der Waals surface area contributed by atoms with E-state index in [2.05, 4.69) is 0 Å². The van der Waals surface area contributed by atoms with Crippen molar-refractivity contribution >= 4 is 17.2 Å². The van der Waals surface area contributed by atoms with E-state index in [4.69, 9.17) is 22.7 Å². The topological polar surface area (TPSA) is 35.2 Å². The highest BCUT2D eigenvalue weighted by molar-refractivity contribution is 7.80. The number of rotatable bonds is 4. The van der Waals surface area contributed by atoms with Crippen molar-refractivity contribution in [1.29, 1.82) is 0 Å². The summed E-state index contributed by atoms with van der Waals surface area (Å²) >= 11 is 4.86. The lowest BCUT2D eigenvalue weighted by atomic mass is 10.2. The minimum Gasteiger partial charge on any atom is -0.489 e. The highest BCUT2D eigenvalue weighted by Gasteiger charge is 2.04. The minimum absolute atomic E-state index is 0.137. The molecule has 0 aromatic heterocycles. The van der Waals surface area contributed by atoms with Crippen LogP contribution in [0, 0.1) is 11.6 Å². The first-order valence-electron chi connectivity index (χ1n) is 5.53. The predicted octanol–water partition coefficient (Wildman–Crippen LogP) is 3.18. The second kappa shape index (κ2) is 5.75. The van der Waals surface area contributed by atoms with Crippen LogP contribution in [0.5, 0.6) is 5.75 Å². The molecular formula is C14H11F2NOS. The lowest BCUT2D eigenvalue weighted by Crippen LogP contribution is -2.09. The van der Waals surface area contributed by atoms with Gasteiger partial charge in [-0.2, -0.15) is 0 Å². The molecule has 19 heavy (non-hydrogen) atoms. The van der Waals surface area contributed by atoms with Gasteiger partial charge in [0.2, 0.25) is 0 Å². The Bertz CT molecular complexity index is 616. The molecule has 0 atom stereocenters. The van der Waals surface area contributed by atoms with Gasteiger partial charge in [-0.15, -0.1) is 0 Å². The quantitative estimate of drug-likeness (QED) is 0.873. The van der Waals surface area contributed by atoms with E-state index >= 15 is 0 Å². The van der Waals surface area contributed by atoms with Crippen molar-refractivity contribution in [3.8, 4) is 5.75 Å². The van der Waals surface area contributed by atoms with Gasteiger partial charge in [0, 0.05) is 5.56 Å². The molecule has 0 bridgehead atoms. The van der Waals surface area contributed by atoms with Gasteiger partial charge in [0.05, 0.1) is 0 Å². The third kappa shape index (κ3) is 3.48. The Labute approximate surface area is 114 Å². The summed E-state index contributed by atoms with van der Waals surface area (Å²) in [5, 5.41) is 0. The summed E-state index contributed by atoms with van der Waals surface area (Å²) < 4.78 is 31.2. The Morgan fingerprint density at radius 3 is 2.58 bits per heavy atom. The van der Waals surface area contributed by atoms with Crippen molar-refractivity contribution in [3.63, 3.8) is 0 Å². The predicted molar refractivity (Wildman–Crippen MR) is 73.0 cm³/mol. The van der Waals surface area contributed by atoms with Crippen LogP contribution in [0.2, 0.25) is 0 Å². The fourth-order valence-corrected chi connectivity index (χ4v) is 1.66. The van der Waals surface area contributed by atoms with Crippen LogP contribution in [0.3, 0.4) is 0 Å². The average Bonchev–Trinajstić information content (AvgIpc) is 2.40. The highest BCUT2D eigenvalue weighted by Crippen LogP contribution is 2.16. The van der Waals surface area contributed by atoms with Gasteiger partial charge in [-0.3, -0.25) is 0 Å². The zero-order valence-corrected chi connectivity index (χ0v) is 10.7. The average molecular weight is 279 g/mol. The van der Waals surface area contributed by atoms with Crippen LogP contribution in [0.4, 0.5) is 8.78 Å². The maximum Gasteiger partial charge on any atom is 0.159 e. The molecule has 0 aliphatic heterocycles. The van der Waals surface area contributed by atoms with E-state index in [0.717, 1.165) is 12.1 Å². The first-order chi connectivity index (χ1) is 9.06. The SMILES string of the molecule is NC(=S)c1cccc(OCc2ccc(F)c(F)c2)c1. The molecule has 2 rings (SSSR count). The summed E-state index contributed by atoms with van der Waals surface area (Å²) in [5.74, 6) is -1.20. The Morgan fingerprint density at radius 2 is 1.89 bits per heavy atom. The Balaban J connectivity index is 2.07. The molecule has 98 valence electrons. The van der Waals surface area contributed by atoms with Gasteiger partial charge in [-0.05, 0) is 29.8 Å². The third-order valence-electron chi connectivity index (χ3n) is 2.51. The first-order valence-corrected chi connectivity index (χ1v) is 5.93. The summed E-state index contributed by atoms with van der Waals surface area (Å²) in [4.78, 5) is 0.276. The van der Waals surface area contributed by atoms with E-state index in [0.29, 0.717) is 16.9 Å². The fraction of sp³-hybridized carbons (Fsp3) is 0.0714. The zero-order valence-electron chi connectivity index (χ0n) is 9.90. The van der Waals surface area contributed by atoms with Crippen molar-refractivity contribution in [3.05, 3.63) is 65.2 Å². The number of thiocarbonyl (C=S) groups is 1. The third-order valence-corrected chi connectivity index (χ3v) is 2.74. The number of halogens is 2.